The number of hydrogen-bond acceptors (Lipinski definition) is 6. The molecule has 9 nitrogen and oxygen atoms in total. The fraction of sp³-hybridized carbons (Fsp3) is 0.278. The normalized spacial score (nSPS) is 9.76. The Balaban J connectivity index is 0.00000420. The number of aromatic amines is 1. The molecule has 1 aromatic heterocycles. The molecule has 158 valence electrons. The van der Waals surface area contributed by atoms with Gasteiger partial charge in [-0.05, 0) is 37.6 Å². The topological polar surface area (TPSA) is 129 Å². The fourth-order valence-corrected chi connectivity index (χ4v) is 2.25. The smallest absolute Gasteiger partial charge is 0.411 e. The van der Waals surface area contributed by atoms with Crippen LogP contribution in [0, 0.1) is 5.82 Å². The number of H-pyrrole nitrogens is 1. The van der Waals surface area contributed by atoms with Gasteiger partial charge in [0.2, 0.25) is 11.6 Å². The summed E-state index contributed by atoms with van der Waals surface area (Å²) in [6.07, 6.45) is -1.36. The molecule has 0 bridgehead atoms. The second kappa shape index (κ2) is 11.5. The molecule has 1 heterocycles. The summed E-state index contributed by atoms with van der Waals surface area (Å²) in [5.41, 5.74) is 7.28. The maximum Gasteiger partial charge on any atom is 0.411 e. The van der Waals surface area contributed by atoms with Crippen LogP contribution in [0.4, 0.5) is 37.0 Å². The van der Waals surface area contributed by atoms with Crippen molar-refractivity contribution < 1.29 is 40.8 Å². The molecule has 0 spiro atoms. The van der Waals surface area contributed by atoms with Gasteiger partial charge in [0.25, 0.3) is 0 Å². The van der Waals surface area contributed by atoms with Crippen LogP contribution in [0.2, 0.25) is 0 Å². The second-order valence-corrected chi connectivity index (χ2v) is 5.56. The van der Waals surface area contributed by atoms with Crippen molar-refractivity contribution in [3.63, 3.8) is 0 Å². The Morgan fingerprint density at radius 3 is 2.14 bits per heavy atom. The molecule has 0 saturated heterocycles. The van der Waals surface area contributed by atoms with Gasteiger partial charge in [-0.25, -0.2) is 19.0 Å². The lowest BCUT2D eigenvalue weighted by atomic mass is 10.2. The lowest BCUT2D eigenvalue weighted by Crippen LogP contribution is -3.00. The summed E-state index contributed by atoms with van der Waals surface area (Å²) < 4.78 is 22.8. The van der Waals surface area contributed by atoms with Crippen LogP contribution in [0.3, 0.4) is 0 Å². The standard InChI is InChI=1S/C18H22FN5O4.ClH/c1-3-27-17(25)22-13-9-14(23-18(26)28-4-2)16(24-15(13)20)21-10-11-5-7-12(19)8-6-11;/h5-9H,3-4,10H2,1-2H3,(H,22,25)(H,23,26)(H3,20,21,24);1H. The van der Waals surface area contributed by atoms with E-state index in [1.54, 1.807) is 26.0 Å². The number of nitrogen functional groups attached to an aromatic ring is 1. The van der Waals surface area contributed by atoms with Gasteiger partial charge in [-0.1, -0.05) is 12.1 Å². The first-order chi connectivity index (χ1) is 13.4. The van der Waals surface area contributed by atoms with E-state index in [2.05, 4.69) is 20.9 Å². The highest BCUT2D eigenvalue weighted by molar-refractivity contribution is 5.93. The highest BCUT2D eigenvalue weighted by Gasteiger charge is 2.18. The fourth-order valence-electron chi connectivity index (χ4n) is 2.25. The van der Waals surface area contributed by atoms with Crippen molar-refractivity contribution in [1.29, 1.82) is 0 Å². The summed E-state index contributed by atoms with van der Waals surface area (Å²) in [6.45, 7) is 4.07. The minimum atomic E-state index is -0.684. The number of ether oxygens (including phenoxy) is 2. The number of nitrogens with two attached hydrogens (primary N) is 1. The van der Waals surface area contributed by atoms with Gasteiger partial charge in [0.15, 0.2) is 0 Å². The maximum atomic E-state index is 13.0. The quantitative estimate of drug-likeness (QED) is 0.491. The molecule has 2 rings (SSSR count). The van der Waals surface area contributed by atoms with Crippen LogP contribution < -0.4 is 39.1 Å². The number of hydrogen-bond donors (Lipinski definition) is 4. The SMILES string of the molecule is CCOC(=O)Nc1cc(NC(=O)OCC)c(NCc2ccc(F)cc2)[nH+]c1N.[Cl-]. The monoisotopic (exact) mass is 427 g/mol. The van der Waals surface area contributed by atoms with Crippen molar-refractivity contribution in [3.8, 4) is 0 Å². The molecule has 6 N–H and O–H groups in total. The van der Waals surface area contributed by atoms with E-state index in [-0.39, 0.29) is 42.9 Å². The molecule has 11 heteroatoms. The van der Waals surface area contributed by atoms with Crippen molar-refractivity contribution in [2.45, 2.75) is 20.4 Å². The predicted molar refractivity (Wildman–Crippen MR) is 102 cm³/mol. The summed E-state index contributed by atoms with van der Waals surface area (Å²) in [7, 11) is 0. The zero-order valence-electron chi connectivity index (χ0n) is 16.0. The average Bonchev–Trinajstić information content (AvgIpc) is 2.64. The van der Waals surface area contributed by atoms with Crippen LogP contribution in [0.25, 0.3) is 0 Å². The first-order valence-corrected chi connectivity index (χ1v) is 8.64. The second-order valence-electron chi connectivity index (χ2n) is 5.56. The van der Waals surface area contributed by atoms with Gasteiger partial charge in [0.1, 0.15) is 17.2 Å². The van der Waals surface area contributed by atoms with Crippen LogP contribution in [0.1, 0.15) is 19.4 Å². The summed E-state index contributed by atoms with van der Waals surface area (Å²) in [6, 6.07) is 7.41. The molecule has 0 unspecified atom stereocenters. The van der Waals surface area contributed by atoms with Gasteiger partial charge in [-0.15, -0.1) is 0 Å². The van der Waals surface area contributed by atoms with E-state index in [0.29, 0.717) is 18.1 Å². The third-order valence-corrected chi connectivity index (χ3v) is 3.51. The van der Waals surface area contributed by atoms with Crippen LogP contribution in [0.5, 0.6) is 0 Å². The van der Waals surface area contributed by atoms with E-state index in [4.69, 9.17) is 15.2 Å². The van der Waals surface area contributed by atoms with Crippen molar-refractivity contribution in [2.75, 3.05) is 34.9 Å². The largest absolute Gasteiger partial charge is 1.00 e. The molecule has 0 aliphatic carbocycles. The highest BCUT2D eigenvalue weighted by Crippen LogP contribution is 2.25. The zero-order chi connectivity index (χ0) is 20.5. The molecule has 0 aliphatic rings. The summed E-state index contributed by atoms with van der Waals surface area (Å²) >= 11 is 0. The van der Waals surface area contributed by atoms with Crippen LogP contribution in [0.15, 0.2) is 30.3 Å². The Kier molecular flexibility index (Phi) is 9.46. The number of pyridine rings is 1. The highest BCUT2D eigenvalue weighted by atomic mass is 35.5. The lowest BCUT2D eigenvalue weighted by molar-refractivity contribution is -0.341. The van der Waals surface area contributed by atoms with Gasteiger partial charge >= 0.3 is 12.2 Å². The Morgan fingerprint density at radius 2 is 1.59 bits per heavy atom. The van der Waals surface area contributed by atoms with E-state index in [1.165, 1.54) is 18.2 Å². The van der Waals surface area contributed by atoms with E-state index < -0.39 is 12.2 Å². The molecule has 0 saturated carbocycles. The zero-order valence-corrected chi connectivity index (χ0v) is 16.7. The average molecular weight is 428 g/mol. The van der Waals surface area contributed by atoms with Gasteiger partial charge in [0, 0.05) is 0 Å². The number of benzene rings is 1. The van der Waals surface area contributed by atoms with Gasteiger partial charge < -0.3 is 27.6 Å². The molecule has 29 heavy (non-hydrogen) atoms. The number of carbonyl (C=O) groups excluding carboxylic acids is 2. The molecule has 2 aromatic rings. The number of nitrogens with one attached hydrogen (secondary N) is 4. The van der Waals surface area contributed by atoms with Crippen molar-refractivity contribution in [1.82, 2.24) is 0 Å². The third kappa shape index (κ3) is 7.34. The minimum absolute atomic E-state index is 0. The number of rotatable bonds is 7. The van der Waals surface area contributed by atoms with Crippen molar-refractivity contribution in [3.05, 3.63) is 41.7 Å². The first-order valence-electron chi connectivity index (χ1n) is 8.64. The molecule has 0 aliphatic heterocycles. The van der Waals surface area contributed by atoms with E-state index in [9.17, 15) is 14.0 Å². The van der Waals surface area contributed by atoms with Crippen molar-refractivity contribution in [2.24, 2.45) is 0 Å². The number of aromatic nitrogens is 1. The van der Waals surface area contributed by atoms with Gasteiger partial charge in [0.05, 0.1) is 19.8 Å². The number of carbonyl (C=O) groups is 2. The molecule has 1 aromatic carbocycles. The molecule has 0 atom stereocenters. The van der Waals surface area contributed by atoms with Crippen molar-refractivity contribution >= 4 is 35.2 Å². The summed E-state index contributed by atoms with van der Waals surface area (Å²) in [5, 5.41) is 8.12. The number of amides is 2. The van der Waals surface area contributed by atoms with Crippen LogP contribution >= 0.6 is 0 Å². The van der Waals surface area contributed by atoms with Crippen LogP contribution in [-0.4, -0.2) is 25.4 Å². The van der Waals surface area contributed by atoms with E-state index in [1.807, 2.05) is 0 Å². The number of anilines is 4. The molecular weight excluding hydrogens is 405 g/mol. The van der Waals surface area contributed by atoms with Gasteiger partial charge in [-0.2, -0.15) is 0 Å². The third-order valence-electron chi connectivity index (χ3n) is 3.51. The van der Waals surface area contributed by atoms with Crippen LogP contribution in [-0.2, 0) is 16.0 Å². The van der Waals surface area contributed by atoms with E-state index in [0.717, 1.165) is 5.56 Å². The Morgan fingerprint density at radius 1 is 1.03 bits per heavy atom. The molecular formula is C18H23ClFN5O4. The molecule has 2 amide bonds. The summed E-state index contributed by atoms with van der Waals surface area (Å²) in [4.78, 5) is 26.4. The molecule has 0 radical (unpaired) electrons. The first kappa shape index (κ1) is 23.8. The predicted octanol–water partition coefficient (Wildman–Crippen LogP) is -0.0251. The lowest BCUT2D eigenvalue weighted by Gasteiger charge is -2.13. The minimum Gasteiger partial charge on any atom is -1.00 e. The Bertz CT molecular complexity index is 836. The summed E-state index contributed by atoms with van der Waals surface area (Å²) in [5.74, 6) is 0.187. The van der Waals surface area contributed by atoms with E-state index >= 15 is 0 Å². The van der Waals surface area contributed by atoms with Gasteiger partial charge in [-0.3, -0.25) is 16.0 Å². The molecule has 0 fully saturated rings. The Hall–Kier alpha value is -3.27. The number of halogens is 2. The Labute approximate surface area is 173 Å². The maximum absolute atomic E-state index is 13.0.